The Bertz CT molecular complexity index is 1460. The van der Waals surface area contributed by atoms with E-state index < -0.39 is 93.4 Å². The van der Waals surface area contributed by atoms with Crippen LogP contribution in [0, 0.1) is 29.5 Å². The number of likely N-dealkylation sites (N-methyl/N-ethyl adjacent to an activating group) is 1. The minimum absolute atomic E-state index is 0.0369. The van der Waals surface area contributed by atoms with Gasteiger partial charge in [-0.2, -0.15) is 0 Å². The van der Waals surface area contributed by atoms with E-state index in [1.165, 1.54) is 19.0 Å². The predicted molar refractivity (Wildman–Crippen MR) is 138 cm³/mol. The average molecular weight is 571 g/mol. The molecule has 13 heteroatoms. The van der Waals surface area contributed by atoms with Gasteiger partial charge in [-0.25, -0.2) is 4.39 Å². The van der Waals surface area contributed by atoms with E-state index in [4.69, 9.17) is 5.73 Å². The van der Waals surface area contributed by atoms with E-state index in [9.17, 15) is 39.0 Å². The standard InChI is InChI=1S/C28H31FN4O8/c1-32(2)20-13-8-10-7-11-16(21(34)15(10)24(37)28(13,41)25(38)17(23(20)36)26(30)39)22(35)19-12(18(11)29)9-33-6-4-3-5-14(33)27(40)31-19/h10,13-15,17,20,35,41H,3-9H2,1-2H3,(H2,30,39)(H,31,40)/t10-,13-,14+,15?,17?,20-,28-/m0/s1. The molecule has 5 N–H and O–H groups in total. The third kappa shape index (κ3) is 3.61. The SMILES string of the molecule is CN(C)[C@@H]1C(=O)C(C(N)=O)C(=O)[C@@]2(O)C(=O)C3C(=O)c4c(O)c5c(c(F)c4C[C@H]3C[C@@H]12)CN1CCCC[C@@H]1C(=O)N5. The first-order valence-electron chi connectivity index (χ1n) is 13.8. The smallest absolute Gasteiger partial charge is 0.241 e. The fourth-order valence-electron chi connectivity index (χ4n) is 7.92. The molecular weight excluding hydrogens is 539 g/mol. The lowest BCUT2D eigenvalue weighted by Gasteiger charge is -2.52. The number of nitrogens with one attached hydrogen (secondary N) is 1. The van der Waals surface area contributed by atoms with Crippen LogP contribution in [0.3, 0.4) is 0 Å². The summed E-state index contributed by atoms with van der Waals surface area (Å²) >= 11 is 0. The molecule has 0 radical (unpaired) electrons. The molecule has 3 aliphatic carbocycles. The number of hydrogen-bond acceptors (Lipinski definition) is 10. The summed E-state index contributed by atoms with van der Waals surface area (Å²) in [4.78, 5) is 82.7. The average Bonchev–Trinajstić information content (AvgIpc) is 3.05. The second-order valence-electron chi connectivity index (χ2n) is 12.1. The third-order valence-electron chi connectivity index (χ3n) is 9.79. The van der Waals surface area contributed by atoms with E-state index in [0.717, 1.165) is 12.8 Å². The highest BCUT2D eigenvalue weighted by molar-refractivity contribution is 6.32. The maximum Gasteiger partial charge on any atom is 0.241 e. The molecule has 2 heterocycles. The second kappa shape index (κ2) is 9.23. The number of hydrogen-bond donors (Lipinski definition) is 4. The quantitative estimate of drug-likeness (QED) is 0.262. The van der Waals surface area contributed by atoms with Gasteiger partial charge in [-0.05, 0) is 52.2 Å². The zero-order chi connectivity index (χ0) is 29.7. The van der Waals surface area contributed by atoms with Crippen LogP contribution in [-0.2, 0) is 36.9 Å². The van der Waals surface area contributed by atoms with Crippen molar-refractivity contribution in [1.82, 2.24) is 9.80 Å². The number of halogens is 1. The summed E-state index contributed by atoms with van der Waals surface area (Å²) in [5.41, 5.74) is 1.69. The molecule has 7 atom stereocenters. The van der Waals surface area contributed by atoms with Crippen LogP contribution in [0.1, 0.15) is 47.2 Å². The van der Waals surface area contributed by atoms with E-state index in [2.05, 4.69) is 5.32 Å². The number of nitrogens with two attached hydrogens (primary N) is 1. The molecule has 1 saturated heterocycles. The van der Waals surface area contributed by atoms with Crippen molar-refractivity contribution in [1.29, 1.82) is 0 Å². The van der Waals surface area contributed by atoms with Gasteiger partial charge in [0.2, 0.25) is 11.8 Å². The molecule has 3 fully saturated rings. The number of anilines is 1. The fraction of sp³-hybridized carbons (Fsp3) is 0.571. The molecule has 2 aliphatic heterocycles. The summed E-state index contributed by atoms with van der Waals surface area (Å²) in [6.45, 7) is 0.600. The zero-order valence-electron chi connectivity index (χ0n) is 22.6. The predicted octanol–water partition coefficient (Wildman–Crippen LogP) is -0.687. The van der Waals surface area contributed by atoms with Crippen molar-refractivity contribution in [3.8, 4) is 5.75 Å². The minimum Gasteiger partial charge on any atom is -0.505 e. The lowest BCUT2D eigenvalue weighted by atomic mass is 9.52. The molecule has 0 bridgehead atoms. The van der Waals surface area contributed by atoms with Crippen molar-refractivity contribution < 1.29 is 43.4 Å². The van der Waals surface area contributed by atoms with E-state index in [1.807, 2.05) is 4.90 Å². The first kappa shape index (κ1) is 27.6. The van der Waals surface area contributed by atoms with Gasteiger partial charge in [-0.3, -0.25) is 38.6 Å². The lowest BCUT2D eigenvalue weighted by molar-refractivity contribution is -0.181. The van der Waals surface area contributed by atoms with Gasteiger partial charge >= 0.3 is 0 Å². The number of nitrogens with zero attached hydrogens (tertiary/aromatic N) is 2. The summed E-state index contributed by atoms with van der Waals surface area (Å²) in [5.74, 6) is -13.5. The first-order valence-corrected chi connectivity index (χ1v) is 13.8. The fourth-order valence-corrected chi connectivity index (χ4v) is 7.92. The molecule has 12 nitrogen and oxygen atoms in total. The Morgan fingerprint density at radius 3 is 2.49 bits per heavy atom. The number of ketones is 4. The largest absolute Gasteiger partial charge is 0.505 e. The van der Waals surface area contributed by atoms with Crippen LogP contribution in [0.25, 0.3) is 0 Å². The summed E-state index contributed by atoms with van der Waals surface area (Å²) in [6.07, 6.45) is 1.84. The number of fused-ring (bicyclic) bond motifs is 5. The lowest BCUT2D eigenvalue weighted by Crippen LogP contribution is -2.74. The molecule has 1 aromatic rings. The zero-order valence-corrected chi connectivity index (χ0v) is 22.6. The number of piperidine rings is 1. The second-order valence-corrected chi connectivity index (χ2v) is 12.1. The molecule has 6 rings (SSSR count). The number of benzene rings is 1. The van der Waals surface area contributed by atoms with Crippen LogP contribution >= 0.6 is 0 Å². The Labute approximate surface area is 234 Å². The van der Waals surface area contributed by atoms with Crippen LogP contribution in [-0.4, -0.2) is 93.3 Å². The van der Waals surface area contributed by atoms with Gasteiger partial charge in [0.1, 0.15) is 5.82 Å². The monoisotopic (exact) mass is 570 g/mol. The summed E-state index contributed by atoms with van der Waals surface area (Å²) in [7, 11) is 2.98. The van der Waals surface area contributed by atoms with Crippen molar-refractivity contribution in [3.05, 3.63) is 22.5 Å². The number of phenols is 1. The van der Waals surface area contributed by atoms with Gasteiger partial charge < -0.3 is 21.3 Å². The van der Waals surface area contributed by atoms with E-state index >= 15 is 4.39 Å². The van der Waals surface area contributed by atoms with Crippen LogP contribution in [0.15, 0.2) is 0 Å². The maximum atomic E-state index is 16.2. The van der Waals surface area contributed by atoms with Crippen molar-refractivity contribution in [2.45, 2.75) is 56.3 Å². The number of aromatic hydroxyl groups is 1. The molecule has 0 aromatic heterocycles. The van der Waals surface area contributed by atoms with Crippen LogP contribution in [0.5, 0.6) is 5.75 Å². The van der Waals surface area contributed by atoms with E-state index in [1.54, 1.807) is 0 Å². The van der Waals surface area contributed by atoms with Crippen molar-refractivity contribution in [3.63, 3.8) is 0 Å². The van der Waals surface area contributed by atoms with Gasteiger partial charge in [0.05, 0.1) is 29.3 Å². The number of rotatable bonds is 2. The van der Waals surface area contributed by atoms with Gasteiger partial charge in [0.15, 0.2) is 40.4 Å². The molecule has 2 unspecified atom stereocenters. The highest BCUT2D eigenvalue weighted by Crippen LogP contribution is 2.52. The molecule has 2 saturated carbocycles. The highest BCUT2D eigenvalue weighted by Gasteiger charge is 2.69. The molecule has 2 amide bonds. The van der Waals surface area contributed by atoms with Gasteiger partial charge in [-0.15, -0.1) is 0 Å². The maximum absolute atomic E-state index is 16.2. The van der Waals surface area contributed by atoms with Crippen LogP contribution < -0.4 is 11.1 Å². The topological polar surface area (TPSA) is 187 Å². The number of carbonyl (C=O) groups excluding carboxylic acids is 6. The van der Waals surface area contributed by atoms with Gasteiger partial charge in [-0.1, -0.05) is 6.42 Å². The summed E-state index contributed by atoms with van der Waals surface area (Å²) in [5, 5.41) is 25.5. The summed E-state index contributed by atoms with van der Waals surface area (Å²) < 4.78 is 16.2. The van der Waals surface area contributed by atoms with Gasteiger partial charge in [0, 0.05) is 23.6 Å². The Balaban J connectivity index is 1.47. The highest BCUT2D eigenvalue weighted by atomic mass is 19.1. The minimum atomic E-state index is -2.87. The number of primary amides is 1. The Morgan fingerprint density at radius 1 is 1.12 bits per heavy atom. The molecule has 5 aliphatic rings. The van der Waals surface area contributed by atoms with Crippen molar-refractivity contribution >= 4 is 40.6 Å². The van der Waals surface area contributed by atoms with Crippen LogP contribution in [0.2, 0.25) is 0 Å². The third-order valence-corrected chi connectivity index (χ3v) is 9.79. The van der Waals surface area contributed by atoms with E-state index in [0.29, 0.717) is 13.0 Å². The summed E-state index contributed by atoms with van der Waals surface area (Å²) in [6, 6.07) is -1.76. The number of amides is 2. The normalized spacial score (nSPS) is 35.1. The molecular formula is C28H31FN4O8. The number of carbonyl (C=O) groups is 6. The molecule has 0 spiro atoms. The molecule has 41 heavy (non-hydrogen) atoms. The molecule has 1 aromatic carbocycles. The Hall–Kier alpha value is -3.55. The van der Waals surface area contributed by atoms with Crippen molar-refractivity contribution in [2.24, 2.45) is 29.4 Å². The first-order chi connectivity index (χ1) is 19.3. The number of aliphatic hydroxyl groups is 1. The van der Waals surface area contributed by atoms with Crippen LogP contribution in [0.4, 0.5) is 10.1 Å². The van der Waals surface area contributed by atoms with Crippen molar-refractivity contribution in [2.75, 3.05) is 26.0 Å². The van der Waals surface area contributed by atoms with Gasteiger partial charge in [0.25, 0.3) is 0 Å². The van der Waals surface area contributed by atoms with E-state index in [-0.39, 0.29) is 36.2 Å². The number of phenolic OH excluding ortho intramolecular Hbond substituents is 1. The Kier molecular flexibility index (Phi) is 6.22. The Morgan fingerprint density at radius 2 is 1.83 bits per heavy atom. The number of Topliss-reactive ketones (excluding diaryl/α,β-unsaturated/α-hetero) is 4. The molecule has 218 valence electrons.